The third kappa shape index (κ3) is 3.40. The smallest absolute Gasteiger partial charge is 0.341 e. The first-order chi connectivity index (χ1) is 15.1. The average Bonchev–Trinajstić information content (AvgIpc) is 2.73. The Morgan fingerprint density at radius 1 is 1.03 bits per heavy atom. The van der Waals surface area contributed by atoms with Crippen molar-refractivity contribution in [3.05, 3.63) is 69.0 Å². The summed E-state index contributed by atoms with van der Waals surface area (Å²) in [7, 11) is 1.87. The summed E-state index contributed by atoms with van der Waals surface area (Å²) >= 11 is 0. The van der Waals surface area contributed by atoms with Gasteiger partial charge in [0.05, 0.1) is 16.6 Å². The molecule has 3 aromatic rings. The fourth-order valence-corrected chi connectivity index (χ4v) is 4.00. The molecule has 0 atom stereocenters. The van der Waals surface area contributed by atoms with E-state index in [1.165, 1.54) is 11.8 Å². The van der Waals surface area contributed by atoms with Crippen molar-refractivity contribution in [3.8, 4) is 5.69 Å². The third-order valence-electron chi connectivity index (χ3n) is 5.75. The number of carbonyl (C=O) groups is 1. The highest BCUT2D eigenvalue weighted by Crippen LogP contribution is 2.35. The largest absolute Gasteiger partial charge is 0.477 e. The summed E-state index contributed by atoms with van der Waals surface area (Å²) in [6.45, 7) is 2.98. The quantitative estimate of drug-likeness (QED) is 0.622. The van der Waals surface area contributed by atoms with Gasteiger partial charge in [0.25, 0.3) is 0 Å². The Labute approximate surface area is 179 Å². The van der Waals surface area contributed by atoms with Crippen molar-refractivity contribution in [3.63, 3.8) is 0 Å². The first kappa shape index (κ1) is 21.8. The van der Waals surface area contributed by atoms with E-state index in [2.05, 4.69) is 0 Å². The van der Waals surface area contributed by atoms with Crippen molar-refractivity contribution in [2.75, 3.05) is 38.1 Å². The summed E-state index contributed by atoms with van der Waals surface area (Å²) < 4.78 is 60.1. The number of likely N-dealkylation sites (N-methyl/N-ethyl adjacent to an activating group) is 1. The van der Waals surface area contributed by atoms with Crippen LogP contribution in [-0.2, 0) is 0 Å². The first-order valence-electron chi connectivity index (χ1n) is 9.81. The zero-order valence-electron chi connectivity index (χ0n) is 17.3. The molecule has 2 heterocycles. The predicted octanol–water partition coefficient (Wildman–Crippen LogP) is 3.31. The van der Waals surface area contributed by atoms with Crippen LogP contribution in [0.4, 0.5) is 23.2 Å². The van der Waals surface area contributed by atoms with Gasteiger partial charge in [-0.15, -0.1) is 0 Å². The monoisotopic (exact) mass is 449 g/mol. The van der Waals surface area contributed by atoms with Gasteiger partial charge >= 0.3 is 5.97 Å². The number of hydrogen-bond donors (Lipinski definition) is 1. The summed E-state index contributed by atoms with van der Waals surface area (Å²) in [4.78, 5) is 28.0. The van der Waals surface area contributed by atoms with Gasteiger partial charge in [0.1, 0.15) is 22.9 Å². The molecule has 6 nitrogen and oxygen atoms in total. The third-order valence-corrected chi connectivity index (χ3v) is 5.75. The van der Waals surface area contributed by atoms with Gasteiger partial charge in [-0.2, -0.15) is 0 Å². The van der Waals surface area contributed by atoms with Crippen molar-refractivity contribution in [2.45, 2.75) is 6.92 Å². The second-order valence-electron chi connectivity index (χ2n) is 7.76. The van der Waals surface area contributed by atoms with Crippen molar-refractivity contribution in [1.82, 2.24) is 9.47 Å². The van der Waals surface area contributed by atoms with Gasteiger partial charge in [-0.1, -0.05) is 0 Å². The Morgan fingerprint density at radius 3 is 2.28 bits per heavy atom. The lowest BCUT2D eigenvalue weighted by Gasteiger charge is -2.35. The molecule has 0 unspecified atom stereocenters. The number of aryl methyl sites for hydroxylation is 1. The molecule has 32 heavy (non-hydrogen) atoms. The number of rotatable bonds is 3. The molecule has 1 aromatic heterocycles. The molecule has 168 valence electrons. The molecule has 1 saturated heterocycles. The van der Waals surface area contributed by atoms with Gasteiger partial charge in [0.2, 0.25) is 5.43 Å². The Morgan fingerprint density at radius 2 is 1.69 bits per heavy atom. The highest BCUT2D eigenvalue weighted by molar-refractivity contribution is 5.96. The highest BCUT2D eigenvalue weighted by Gasteiger charge is 2.29. The van der Waals surface area contributed by atoms with Crippen molar-refractivity contribution in [2.24, 2.45) is 0 Å². The summed E-state index contributed by atoms with van der Waals surface area (Å²) in [6, 6.07) is 2.46. The predicted molar refractivity (Wildman–Crippen MR) is 111 cm³/mol. The number of carboxylic acid groups (broad SMARTS) is 1. The number of piperazine rings is 1. The van der Waals surface area contributed by atoms with E-state index in [0.29, 0.717) is 32.2 Å². The summed E-state index contributed by atoms with van der Waals surface area (Å²) in [6.07, 6.45) is 0.775. The molecular weight excluding hydrogens is 430 g/mol. The van der Waals surface area contributed by atoms with Crippen molar-refractivity contribution >= 4 is 22.6 Å². The summed E-state index contributed by atoms with van der Waals surface area (Å²) in [5.74, 6) is -5.74. The Kier molecular flexibility index (Phi) is 5.41. The van der Waals surface area contributed by atoms with E-state index in [1.807, 2.05) is 11.9 Å². The highest BCUT2D eigenvalue weighted by atomic mass is 19.1. The van der Waals surface area contributed by atoms with Crippen LogP contribution >= 0.6 is 0 Å². The minimum Gasteiger partial charge on any atom is -0.477 e. The van der Waals surface area contributed by atoms with Crippen molar-refractivity contribution < 1.29 is 27.5 Å². The zero-order chi connectivity index (χ0) is 23.3. The maximum Gasteiger partial charge on any atom is 0.341 e. The van der Waals surface area contributed by atoms with Crippen LogP contribution in [-0.4, -0.2) is 53.8 Å². The molecule has 2 aromatic carbocycles. The lowest BCUT2D eigenvalue weighted by atomic mass is 10.0. The lowest BCUT2D eigenvalue weighted by Crippen LogP contribution is -2.45. The van der Waals surface area contributed by atoms with Gasteiger partial charge in [-0.3, -0.25) is 4.79 Å². The van der Waals surface area contributed by atoms with E-state index < -0.39 is 51.1 Å². The standard InChI is InChI=1S/C22H19F4N3O3/c1-11-16-19(18(26)20(17(11)25)28-7-5-27(2)6-8-28)29(10-13(21(16)30)22(31)32)15-4-3-12(23)9-14(15)24/h3-4,9-10H,5-8H2,1-2H3,(H,31,32). The number of nitrogens with zero attached hydrogens (tertiary/aromatic N) is 3. The number of benzene rings is 2. The van der Waals surface area contributed by atoms with E-state index in [-0.39, 0.29) is 16.9 Å². The number of pyridine rings is 1. The number of halogens is 4. The molecule has 1 fully saturated rings. The van der Waals surface area contributed by atoms with E-state index in [1.54, 1.807) is 0 Å². The topological polar surface area (TPSA) is 65.8 Å². The van der Waals surface area contributed by atoms with E-state index in [0.717, 1.165) is 22.9 Å². The number of fused-ring (bicyclic) bond motifs is 1. The molecule has 1 aliphatic heterocycles. The molecule has 0 amide bonds. The maximum atomic E-state index is 15.9. The molecule has 10 heteroatoms. The average molecular weight is 449 g/mol. The second-order valence-corrected chi connectivity index (χ2v) is 7.76. The lowest BCUT2D eigenvalue weighted by molar-refractivity contribution is 0.0695. The number of aromatic carboxylic acids is 1. The maximum absolute atomic E-state index is 15.9. The minimum atomic E-state index is -1.64. The minimum absolute atomic E-state index is 0.250. The molecule has 1 aliphatic rings. The van der Waals surface area contributed by atoms with Gasteiger partial charge in [-0.25, -0.2) is 22.4 Å². The van der Waals surface area contributed by atoms with Crippen LogP contribution in [0.25, 0.3) is 16.6 Å². The summed E-state index contributed by atoms with van der Waals surface area (Å²) in [5, 5.41) is 8.94. The van der Waals surface area contributed by atoms with Crippen LogP contribution in [0.15, 0.2) is 29.2 Å². The Bertz CT molecular complexity index is 1310. The molecule has 0 aliphatic carbocycles. The Hall–Kier alpha value is -3.40. The normalized spacial score (nSPS) is 14.9. The van der Waals surface area contributed by atoms with E-state index in [4.69, 9.17) is 0 Å². The molecule has 0 bridgehead atoms. The van der Waals surface area contributed by atoms with E-state index in [9.17, 15) is 23.5 Å². The number of carboxylic acids is 1. The number of aromatic nitrogens is 1. The molecular formula is C22H19F4N3O3. The van der Waals surface area contributed by atoms with Gasteiger partial charge in [0.15, 0.2) is 11.6 Å². The Balaban J connectivity index is 2.13. The fourth-order valence-electron chi connectivity index (χ4n) is 4.00. The van der Waals surface area contributed by atoms with E-state index >= 15 is 8.78 Å². The van der Waals surface area contributed by atoms with Crippen LogP contribution in [0, 0.1) is 30.2 Å². The molecule has 4 rings (SSSR count). The number of anilines is 1. The summed E-state index contributed by atoms with van der Waals surface area (Å²) in [5.41, 5.74) is -3.37. The van der Waals surface area contributed by atoms with Gasteiger partial charge in [0, 0.05) is 44.0 Å². The number of hydrogen-bond acceptors (Lipinski definition) is 4. The van der Waals surface area contributed by atoms with Crippen LogP contribution in [0.3, 0.4) is 0 Å². The van der Waals surface area contributed by atoms with Crippen LogP contribution in [0.2, 0.25) is 0 Å². The van der Waals surface area contributed by atoms with Crippen LogP contribution in [0.1, 0.15) is 15.9 Å². The van der Waals surface area contributed by atoms with Gasteiger partial charge < -0.3 is 19.5 Å². The van der Waals surface area contributed by atoms with Crippen molar-refractivity contribution in [1.29, 1.82) is 0 Å². The molecule has 0 radical (unpaired) electrons. The first-order valence-corrected chi connectivity index (χ1v) is 9.81. The zero-order valence-corrected chi connectivity index (χ0v) is 17.3. The van der Waals surface area contributed by atoms with Gasteiger partial charge in [-0.05, 0) is 26.1 Å². The molecule has 0 saturated carbocycles. The van der Waals surface area contributed by atoms with Crippen LogP contribution in [0.5, 0.6) is 0 Å². The SMILES string of the molecule is Cc1c(F)c(N2CCN(C)CC2)c(F)c2c1c(=O)c(C(=O)O)cn2-c1ccc(F)cc1F. The fraction of sp³-hybridized carbons (Fsp3) is 0.273. The molecule has 1 N–H and O–H groups in total. The second kappa shape index (κ2) is 7.94. The molecule has 0 spiro atoms. The van der Waals surface area contributed by atoms with Crippen LogP contribution < -0.4 is 10.3 Å².